The van der Waals surface area contributed by atoms with Crippen molar-refractivity contribution in [2.75, 3.05) is 26.7 Å². The van der Waals surface area contributed by atoms with Gasteiger partial charge in [-0.15, -0.1) is 0 Å². The molecule has 0 aliphatic rings. The monoisotopic (exact) mass is 254 g/mol. The minimum Gasteiger partial charge on any atom is -0.494 e. The van der Waals surface area contributed by atoms with E-state index in [4.69, 9.17) is 4.74 Å². The lowest BCUT2D eigenvalue weighted by molar-refractivity contribution is 0.385. The van der Waals surface area contributed by atoms with Gasteiger partial charge in [-0.2, -0.15) is 0 Å². The van der Waals surface area contributed by atoms with Gasteiger partial charge in [-0.1, -0.05) is 13.0 Å². The van der Waals surface area contributed by atoms with E-state index in [1.165, 1.54) is 19.6 Å². The molecule has 0 fully saturated rings. The third-order valence-corrected chi connectivity index (χ3v) is 2.68. The number of methoxy groups -OCH3 is 1. The third kappa shape index (κ3) is 5.47. The van der Waals surface area contributed by atoms with E-state index in [0.29, 0.717) is 5.75 Å². The summed E-state index contributed by atoms with van der Waals surface area (Å²) in [6, 6.07) is 4.95. The van der Waals surface area contributed by atoms with Gasteiger partial charge in [0.15, 0.2) is 11.6 Å². The van der Waals surface area contributed by atoms with E-state index in [2.05, 4.69) is 17.6 Å². The van der Waals surface area contributed by atoms with Crippen molar-refractivity contribution >= 4 is 0 Å². The molecule has 0 aliphatic heterocycles. The highest BCUT2D eigenvalue weighted by Crippen LogP contribution is 2.17. The number of hydrogen-bond acceptors (Lipinski definition) is 3. The van der Waals surface area contributed by atoms with Gasteiger partial charge in [0.1, 0.15) is 0 Å². The maximum Gasteiger partial charge on any atom is 0.165 e. The number of halogens is 1. The summed E-state index contributed by atoms with van der Waals surface area (Å²) < 4.78 is 18.1. The fraction of sp³-hybridized carbons (Fsp3) is 0.571. The highest BCUT2D eigenvalue weighted by Gasteiger charge is 2.02. The third-order valence-electron chi connectivity index (χ3n) is 2.68. The summed E-state index contributed by atoms with van der Waals surface area (Å²) in [4.78, 5) is 0. The molecule has 18 heavy (non-hydrogen) atoms. The van der Waals surface area contributed by atoms with Crippen LogP contribution in [0.1, 0.15) is 25.3 Å². The molecule has 0 atom stereocenters. The number of hydrogen-bond donors (Lipinski definition) is 2. The quantitative estimate of drug-likeness (QED) is 0.663. The largest absolute Gasteiger partial charge is 0.494 e. The number of nitrogens with one attached hydrogen (secondary N) is 2. The van der Waals surface area contributed by atoms with Crippen molar-refractivity contribution in [3.05, 3.63) is 29.6 Å². The van der Waals surface area contributed by atoms with Crippen molar-refractivity contribution in [2.24, 2.45) is 0 Å². The van der Waals surface area contributed by atoms with Gasteiger partial charge in [-0.05, 0) is 50.2 Å². The molecule has 0 heterocycles. The van der Waals surface area contributed by atoms with E-state index in [1.54, 1.807) is 12.1 Å². The first-order valence-electron chi connectivity index (χ1n) is 6.51. The molecule has 0 radical (unpaired) electrons. The molecule has 0 bridgehead atoms. The first kappa shape index (κ1) is 14.9. The van der Waals surface area contributed by atoms with Gasteiger partial charge in [0.25, 0.3) is 0 Å². The Balaban J connectivity index is 2.19. The van der Waals surface area contributed by atoms with Gasteiger partial charge in [-0.3, -0.25) is 0 Å². The second kappa shape index (κ2) is 8.89. The lowest BCUT2D eigenvalue weighted by atomic mass is 10.2. The predicted octanol–water partition coefficient (Wildman–Crippen LogP) is 2.31. The minimum absolute atomic E-state index is 0.305. The molecule has 0 aliphatic carbocycles. The molecule has 4 heteroatoms. The summed E-state index contributed by atoms with van der Waals surface area (Å²) >= 11 is 0. The Morgan fingerprint density at radius 3 is 2.67 bits per heavy atom. The van der Waals surface area contributed by atoms with Crippen LogP contribution in [-0.4, -0.2) is 26.7 Å². The zero-order valence-corrected chi connectivity index (χ0v) is 11.3. The van der Waals surface area contributed by atoms with E-state index in [-0.39, 0.29) is 5.82 Å². The molecule has 0 saturated heterocycles. The zero-order chi connectivity index (χ0) is 13.2. The van der Waals surface area contributed by atoms with E-state index < -0.39 is 0 Å². The molecule has 0 unspecified atom stereocenters. The normalized spacial score (nSPS) is 10.6. The molecule has 0 saturated carbocycles. The fourth-order valence-electron chi connectivity index (χ4n) is 1.69. The first-order valence-corrected chi connectivity index (χ1v) is 6.51. The van der Waals surface area contributed by atoms with Crippen molar-refractivity contribution in [3.8, 4) is 5.75 Å². The summed E-state index contributed by atoms with van der Waals surface area (Å²) in [6.45, 7) is 5.97. The number of benzene rings is 1. The molecule has 102 valence electrons. The van der Waals surface area contributed by atoms with Crippen LogP contribution in [0, 0.1) is 5.82 Å². The Morgan fingerprint density at radius 1 is 1.17 bits per heavy atom. The van der Waals surface area contributed by atoms with Crippen molar-refractivity contribution in [3.63, 3.8) is 0 Å². The van der Waals surface area contributed by atoms with Gasteiger partial charge >= 0.3 is 0 Å². The van der Waals surface area contributed by atoms with Crippen LogP contribution < -0.4 is 15.4 Å². The van der Waals surface area contributed by atoms with Crippen LogP contribution >= 0.6 is 0 Å². The van der Waals surface area contributed by atoms with Crippen LogP contribution in [0.2, 0.25) is 0 Å². The molecule has 0 amide bonds. The Labute approximate surface area is 109 Å². The van der Waals surface area contributed by atoms with Crippen LogP contribution in [0.15, 0.2) is 18.2 Å². The Bertz CT molecular complexity index is 345. The van der Waals surface area contributed by atoms with Crippen molar-refractivity contribution in [2.45, 2.75) is 26.3 Å². The topological polar surface area (TPSA) is 33.3 Å². The van der Waals surface area contributed by atoms with E-state index in [0.717, 1.165) is 38.2 Å². The lowest BCUT2D eigenvalue weighted by Gasteiger charge is -2.08. The molecule has 3 nitrogen and oxygen atoms in total. The molecular formula is C14H23FN2O. The van der Waals surface area contributed by atoms with Gasteiger partial charge in [0.2, 0.25) is 0 Å². The van der Waals surface area contributed by atoms with Gasteiger partial charge in [-0.25, -0.2) is 4.39 Å². The molecule has 0 spiro atoms. The number of rotatable bonds is 9. The van der Waals surface area contributed by atoms with Crippen LogP contribution in [0.5, 0.6) is 5.75 Å². The van der Waals surface area contributed by atoms with Crippen LogP contribution in [0.25, 0.3) is 0 Å². The van der Waals surface area contributed by atoms with E-state index in [9.17, 15) is 4.39 Å². The Kier molecular flexibility index (Phi) is 7.37. The maximum absolute atomic E-state index is 13.2. The van der Waals surface area contributed by atoms with Crippen molar-refractivity contribution in [1.29, 1.82) is 0 Å². The van der Waals surface area contributed by atoms with Gasteiger partial charge in [0.05, 0.1) is 7.11 Å². The molecule has 0 aromatic heterocycles. The summed E-state index contributed by atoms with van der Waals surface area (Å²) in [5.41, 5.74) is 1.04. The summed E-state index contributed by atoms with van der Waals surface area (Å²) in [6.07, 6.45) is 2.27. The Hall–Kier alpha value is -1.13. The Morgan fingerprint density at radius 2 is 1.94 bits per heavy atom. The standard InChI is InChI=1S/C14H23FN2O/c1-3-7-16-8-4-9-17-11-12-5-6-13(15)14(10-12)18-2/h5-6,10,16-17H,3-4,7-9,11H2,1-2H3. The molecule has 1 aromatic rings. The van der Waals surface area contributed by atoms with E-state index >= 15 is 0 Å². The van der Waals surface area contributed by atoms with Crippen LogP contribution in [-0.2, 0) is 6.54 Å². The van der Waals surface area contributed by atoms with Gasteiger partial charge < -0.3 is 15.4 Å². The molecule has 1 rings (SSSR count). The average molecular weight is 254 g/mol. The summed E-state index contributed by atoms with van der Waals surface area (Å²) in [5, 5.41) is 6.68. The molecular weight excluding hydrogens is 231 g/mol. The maximum atomic E-state index is 13.2. The smallest absolute Gasteiger partial charge is 0.165 e. The van der Waals surface area contributed by atoms with Crippen LogP contribution in [0.3, 0.4) is 0 Å². The lowest BCUT2D eigenvalue weighted by Crippen LogP contribution is -2.22. The fourth-order valence-corrected chi connectivity index (χ4v) is 1.69. The highest BCUT2D eigenvalue weighted by atomic mass is 19.1. The van der Waals surface area contributed by atoms with Crippen LogP contribution in [0.4, 0.5) is 4.39 Å². The first-order chi connectivity index (χ1) is 8.77. The summed E-state index contributed by atoms with van der Waals surface area (Å²) in [5.74, 6) is -0.0103. The highest BCUT2D eigenvalue weighted by molar-refractivity contribution is 5.30. The second-order valence-corrected chi connectivity index (χ2v) is 4.25. The van der Waals surface area contributed by atoms with Crippen molar-refractivity contribution in [1.82, 2.24) is 10.6 Å². The van der Waals surface area contributed by atoms with Gasteiger partial charge in [0, 0.05) is 6.54 Å². The minimum atomic E-state index is -0.315. The predicted molar refractivity (Wildman–Crippen MR) is 72.4 cm³/mol. The zero-order valence-electron chi connectivity index (χ0n) is 11.3. The molecule has 2 N–H and O–H groups in total. The molecule has 1 aromatic carbocycles. The van der Waals surface area contributed by atoms with Crippen molar-refractivity contribution < 1.29 is 9.13 Å². The summed E-state index contributed by atoms with van der Waals surface area (Å²) in [7, 11) is 1.48. The number of ether oxygens (including phenoxy) is 1. The SMILES string of the molecule is CCCNCCCNCc1ccc(F)c(OC)c1. The van der Waals surface area contributed by atoms with E-state index in [1.807, 2.05) is 0 Å². The average Bonchev–Trinajstić information content (AvgIpc) is 2.39. The second-order valence-electron chi connectivity index (χ2n) is 4.25.